The monoisotopic (exact) mass is 378 g/mol. The molecule has 2 N–H and O–H groups in total. The van der Waals surface area contributed by atoms with Gasteiger partial charge in [-0.3, -0.25) is 24.6 Å². The third-order valence-electron chi connectivity index (χ3n) is 4.44. The van der Waals surface area contributed by atoms with E-state index in [0.29, 0.717) is 17.9 Å². The summed E-state index contributed by atoms with van der Waals surface area (Å²) >= 11 is 0. The summed E-state index contributed by atoms with van der Waals surface area (Å²) in [6.45, 7) is 3.69. The van der Waals surface area contributed by atoms with Crippen molar-refractivity contribution in [1.82, 2.24) is 20.4 Å². The van der Waals surface area contributed by atoms with Crippen LogP contribution in [0.25, 0.3) is 0 Å². The number of nitrogens with zero attached hydrogens (tertiary/aromatic N) is 3. The smallest absolute Gasteiger partial charge is 0.309 e. The molecule has 25 heavy (non-hydrogen) atoms. The van der Waals surface area contributed by atoms with Crippen molar-refractivity contribution in [1.29, 1.82) is 0 Å². The lowest BCUT2D eigenvalue weighted by Gasteiger charge is -2.31. The molecule has 0 radical (unpaired) electrons. The highest BCUT2D eigenvalue weighted by Crippen LogP contribution is 2.30. The molecule has 3 atom stereocenters. The number of fused-ring (bicyclic) bond motifs is 2. The summed E-state index contributed by atoms with van der Waals surface area (Å²) in [5.41, 5.74) is 2.46. The van der Waals surface area contributed by atoms with Crippen LogP contribution in [-0.2, 0) is 24.3 Å². The van der Waals surface area contributed by atoms with Crippen LogP contribution < -0.4 is 5.43 Å². The number of hydrazine groups is 1. The lowest BCUT2D eigenvalue weighted by molar-refractivity contribution is -0.144. The molecule has 2 fully saturated rings. The van der Waals surface area contributed by atoms with Gasteiger partial charge in [0.25, 0.3) is 5.91 Å². The van der Waals surface area contributed by atoms with Gasteiger partial charge in [-0.05, 0) is 19.3 Å². The average Bonchev–Trinajstić information content (AvgIpc) is 2.76. The Hall–Kier alpha value is -1.92. The zero-order valence-electron chi connectivity index (χ0n) is 14.2. The largest absolute Gasteiger partial charge is 0.418 e. The van der Waals surface area contributed by atoms with E-state index in [-0.39, 0.29) is 24.8 Å². The molecular weight excluding hydrogens is 356 g/mol. The second kappa shape index (κ2) is 7.14. The molecule has 4 amide bonds. The van der Waals surface area contributed by atoms with Crippen LogP contribution in [0.15, 0.2) is 0 Å². The third-order valence-corrected chi connectivity index (χ3v) is 4.79. The maximum atomic E-state index is 12.4. The maximum absolute atomic E-state index is 12.4. The topological polar surface area (TPSA) is 137 Å². The number of nitrogens with one attached hydrogen (secondary N) is 1. The third kappa shape index (κ3) is 4.19. The number of piperidine rings is 1. The van der Waals surface area contributed by atoms with Crippen molar-refractivity contribution in [3.63, 3.8) is 0 Å². The van der Waals surface area contributed by atoms with E-state index in [1.54, 1.807) is 6.92 Å². The highest BCUT2D eigenvalue weighted by molar-refractivity contribution is 7.80. The molecule has 0 aromatic heterocycles. The van der Waals surface area contributed by atoms with Gasteiger partial charge in [0.15, 0.2) is 0 Å². The minimum absolute atomic E-state index is 0.0927. The van der Waals surface area contributed by atoms with E-state index in [1.807, 2.05) is 6.92 Å². The minimum atomic E-state index is -4.83. The van der Waals surface area contributed by atoms with Gasteiger partial charge in [-0.2, -0.15) is 13.5 Å². The van der Waals surface area contributed by atoms with E-state index < -0.39 is 34.4 Å². The molecule has 0 aromatic rings. The first kappa shape index (κ1) is 19.4. The molecule has 0 aromatic carbocycles. The van der Waals surface area contributed by atoms with Gasteiger partial charge in [-0.15, -0.1) is 4.28 Å². The van der Waals surface area contributed by atoms with Crippen LogP contribution in [0, 0.1) is 5.92 Å². The van der Waals surface area contributed by atoms with Gasteiger partial charge in [-0.1, -0.05) is 13.8 Å². The Morgan fingerprint density at radius 1 is 1.44 bits per heavy atom. The van der Waals surface area contributed by atoms with Crippen LogP contribution in [0.3, 0.4) is 0 Å². The van der Waals surface area contributed by atoms with Crippen LogP contribution in [-0.4, -0.2) is 71.5 Å². The number of amides is 4. The van der Waals surface area contributed by atoms with Crippen molar-refractivity contribution in [3.8, 4) is 0 Å². The second-order valence-electron chi connectivity index (χ2n) is 6.19. The van der Waals surface area contributed by atoms with Crippen molar-refractivity contribution in [3.05, 3.63) is 0 Å². The fourth-order valence-electron chi connectivity index (χ4n) is 2.90. The van der Waals surface area contributed by atoms with E-state index in [0.717, 1.165) is 9.91 Å². The Balaban J connectivity index is 2.04. The normalized spacial score (nSPS) is 24.2. The molecule has 2 unspecified atom stereocenters. The molecule has 0 spiro atoms. The Labute approximate surface area is 145 Å². The molecule has 2 bridgehead atoms. The molecule has 2 heterocycles. The van der Waals surface area contributed by atoms with E-state index in [1.165, 1.54) is 7.05 Å². The molecule has 0 saturated carbocycles. The second-order valence-corrected chi connectivity index (χ2v) is 7.20. The lowest BCUT2D eigenvalue weighted by Crippen LogP contribution is -2.55. The van der Waals surface area contributed by atoms with Crippen LogP contribution >= 0.6 is 0 Å². The van der Waals surface area contributed by atoms with Gasteiger partial charge < -0.3 is 4.90 Å². The number of hydroxylamine groups is 2. The van der Waals surface area contributed by atoms with Crippen LogP contribution in [0.2, 0.25) is 0 Å². The first-order chi connectivity index (χ1) is 11.5. The fraction of sp³-hybridized carbons (Fsp3) is 0.769. The van der Waals surface area contributed by atoms with Crippen molar-refractivity contribution in [2.45, 2.75) is 45.2 Å². The lowest BCUT2D eigenvalue weighted by atomic mass is 10.0. The summed E-state index contributed by atoms with van der Waals surface area (Å²) in [5.74, 6) is -1.05. The fourth-order valence-corrected chi connectivity index (χ4v) is 3.29. The highest BCUT2D eigenvalue weighted by atomic mass is 32.3. The first-order valence-corrected chi connectivity index (χ1v) is 9.26. The minimum Gasteiger partial charge on any atom is -0.309 e. The van der Waals surface area contributed by atoms with Gasteiger partial charge in [0, 0.05) is 19.5 Å². The van der Waals surface area contributed by atoms with Crippen LogP contribution in [0.4, 0.5) is 4.79 Å². The van der Waals surface area contributed by atoms with Crippen molar-refractivity contribution >= 4 is 28.2 Å². The molecule has 12 heteroatoms. The van der Waals surface area contributed by atoms with E-state index in [9.17, 15) is 22.8 Å². The van der Waals surface area contributed by atoms with Crippen molar-refractivity contribution in [2.75, 3.05) is 13.6 Å². The molecule has 0 aliphatic carbocycles. The number of carbonyl (C=O) groups excluding carboxylic acids is 3. The van der Waals surface area contributed by atoms with Crippen molar-refractivity contribution < 1.29 is 31.6 Å². The summed E-state index contributed by atoms with van der Waals surface area (Å²) < 4.78 is 34.7. The predicted octanol–water partition coefficient (Wildman–Crippen LogP) is -0.475. The van der Waals surface area contributed by atoms with Crippen LogP contribution in [0.1, 0.15) is 33.1 Å². The van der Waals surface area contributed by atoms with Gasteiger partial charge in [-0.25, -0.2) is 4.79 Å². The highest BCUT2D eigenvalue weighted by Gasteiger charge is 2.49. The molecule has 2 saturated heterocycles. The standard InChI is InChI=1S/C13H22N4O7S/c1-4-8(2)12(19)15(3)14-11(18)10-6-5-9-7-16(10)13(20)17(9)24-25(21,22)23/h8-10H,4-7H2,1-3H3,(H,14,18)(H,21,22,23)/t8?,9?,10-/m0/s1. The van der Waals surface area contributed by atoms with Crippen LogP contribution in [0.5, 0.6) is 0 Å². The Bertz CT molecular complexity index is 667. The van der Waals surface area contributed by atoms with Gasteiger partial charge in [0.05, 0.1) is 6.04 Å². The first-order valence-electron chi connectivity index (χ1n) is 7.90. The van der Waals surface area contributed by atoms with Gasteiger partial charge in [0.2, 0.25) is 5.91 Å². The number of hydrogen-bond acceptors (Lipinski definition) is 6. The number of hydrogen-bond donors (Lipinski definition) is 2. The molecular formula is C13H22N4O7S. The van der Waals surface area contributed by atoms with E-state index in [4.69, 9.17) is 4.55 Å². The Morgan fingerprint density at radius 3 is 2.64 bits per heavy atom. The Kier molecular flexibility index (Phi) is 5.54. The summed E-state index contributed by atoms with van der Waals surface area (Å²) in [6, 6.07) is -2.25. The summed E-state index contributed by atoms with van der Waals surface area (Å²) in [4.78, 5) is 37.9. The predicted molar refractivity (Wildman–Crippen MR) is 83.8 cm³/mol. The Morgan fingerprint density at radius 2 is 2.08 bits per heavy atom. The number of carbonyl (C=O) groups is 3. The zero-order valence-corrected chi connectivity index (χ0v) is 15.0. The molecule has 2 aliphatic heterocycles. The molecule has 11 nitrogen and oxygen atoms in total. The number of urea groups is 1. The number of rotatable bonds is 5. The maximum Gasteiger partial charge on any atom is 0.418 e. The van der Waals surface area contributed by atoms with E-state index >= 15 is 0 Å². The molecule has 2 rings (SSSR count). The molecule has 2 aliphatic rings. The average molecular weight is 378 g/mol. The van der Waals surface area contributed by atoms with Gasteiger partial charge >= 0.3 is 16.4 Å². The molecule has 142 valence electrons. The van der Waals surface area contributed by atoms with Crippen molar-refractivity contribution in [2.24, 2.45) is 5.92 Å². The SMILES string of the molecule is CCC(C)C(=O)N(C)NC(=O)[C@@H]1CCC2CN1C(=O)N2OS(=O)(=O)O. The van der Waals surface area contributed by atoms with Gasteiger partial charge in [0.1, 0.15) is 6.04 Å². The summed E-state index contributed by atoms with van der Waals surface area (Å²) in [5, 5.41) is 1.66. The summed E-state index contributed by atoms with van der Waals surface area (Å²) in [6.07, 6.45) is 1.22. The van der Waals surface area contributed by atoms with E-state index in [2.05, 4.69) is 9.71 Å². The quantitative estimate of drug-likeness (QED) is 0.487. The zero-order chi connectivity index (χ0) is 18.9. The summed E-state index contributed by atoms with van der Waals surface area (Å²) in [7, 11) is -3.41.